The second kappa shape index (κ2) is 5.35. The quantitative estimate of drug-likeness (QED) is 0.418. The summed E-state index contributed by atoms with van der Waals surface area (Å²) in [6.45, 7) is 5.38. The molecule has 0 aromatic rings. The van der Waals surface area contributed by atoms with Gasteiger partial charge in [-0.3, -0.25) is 4.79 Å². The number of carbonyl (C=O) groups is 2. The highest BCUT2D eigenvalue weighted by molar-refractivity contribution is 5.75. The van der Waals surface area contributed by atoms with E-state index in [0.29, 0.717) is 0 Å². The van der Waals surface area contributed by atoms with Crippen molar-refractivity contribution in [3.05, 3.63) is 12.2 Å². The average molecular weight is 171 g/mol. The number of esters is 1. The molecule has 0 aliphatic rings. The predicted octanol–water partition coefficient (Wildman–Crippen LogP) is -0.364. The van der Waals surface area contributed by atoms with Gasteiger partial charge in [-0.1, -0.05) is 6.58 Å². The molecule has 4 heteroatoms. The van der Waals surface area contributed by atoms with E-state index in [1.165, 1.54) is 0 Å². The molecule has 0 aliphatic carbocycles. The van der Waals surface area contributed by atoms with Crippen LogP contribution in [0.1, 0.15) is 19.8 Å². The molecular formula is C8H11O4-. The smallest absolute Gasteiger partial charge is 0.306 e. The zero-order valence-electron chi connectivity index (χ0n) is 6.96. The van der Waals surface area contributed by atoms with E-state index in [0.717, 1.165) is 5.57 Å². The number of carbonyl (C=O) groups excluding carboxylic acids is 2. The van der Waals surface area contributed by atoms with Gasteiger partial charge in [0.25, 0.3) is 0 Å². The number of carboxylic acids is 1. The zero-order chi connectivity index (χ0) is 9.56. The normalized spacial score (nSPS) is 9.08. The van der Waals surface area contributed by atoms with Crippen LogP contribution in [-0.4, -0.2) is 18.5 Å². The van der Waals surface area contributed by atoms with E-state index in [-0.39, 0.29) is 19.4 Å². The highest BCUT2D eigenvalue weighted by atomic mass is 16.5. The summed E-state index contributed by atoms with van der Waals surface area (Å²) in [4.78, 5) is 20.6. The third kappa shape index (κ3) is 6.80. The van der Waals surface area contributed by atoms with Crippen LogP contribution in [0.2, 0.25) is 0 Å². The lowest BCUT2D eigenvalue weighted by atomic mass is 10.3. The highest BCUT2D eigenvalue weighted by Crippen LogP contribution is 1.94. The Balaban J connectivity index is 3.47. The first-order chi connectivity index (χ1) is 5.52. The summed E-state index contributed by atoms with van der Waals surface area (Å²) in [6.07, 6.45) is -0.440. The number of aliphatic carboxylic acids is 1. The van der Waals surface area contributed by atoms with Crippen molar-refractivity contribution in [2.75, 3.05) is 6.61 Å². The molecule has 0 rings (SSSR count). The molecule has 12 heavy (non-hydrogen) atoms. The van der Waals surface area contributed by atoms with Crippen LogP contribution in [0.5, 0.6) is 0 Å². The van der Waals surface area contributed by atoms with Gasteiger partial charge >= 0.3 is 5.97 Å². The lowest BCUT2D eigenvalue weighted by Crippen LogP contribution is -2.23. The van der Waals surface area contributed by atoms with E-state index in [1.807, 2.05) is 0 Å². The summed E-state index contributed by atoms with van der Waals surface area (Å²) in [7, 11) is 0. The number of hydrogen-bond acceptors (Lipinski definition) is 4. The Morgan fingerprint density at radius 2 is 2.00 bits per heavy atom. The van der Waals surface area contributed by atoms with Crippen LogP contribution in [0.15, 0.2) is 12.2 Å². The monoisotopic (exact) mass is 171 g/mol. The third-order valence-corrected chi connectivity index (χ3v) is 1.01. The van der Waals surface area contributed by atoms with E-state index < -0.39 is 11.9 Å². The molecule has 0 aromatic heterocycles. The maximum absolute atomic E-state index is 10.7. The van der Waals surface area contributed by atoms with E-state index >= 15 is 0 Å². The lowest BCUT2D eigenvalue weighted by Gasteiger charge is -2.03. The minimum atomic E-state index is -1.25. The number of ether oxygens (including phenoxy) is 1. The van der Waals surface area contributed by atoms with Gasteiger partial charge in [-0.25, -0.2) is 0 Å². The zero-order valence-corrected chi connectivity index (χ0v) is 6.96. The Labute approximate surface area is 70.8 Å². The fraction of sp³-hybridized carbons (Fsp3) is 0.500. The van der Waals surface area contributed by atoms with Crippen molar-refractivity contribution >= 4 is 11.9 Å². The van der Waals surface area contributed by atoms with Gasteiger partial charge in [0.05, 0.1) is 6.42 Å². The van der Waals surface area contributed by atoms with Gasteiger partial charge in [0.15, 0.2) is 0 Å². The third-order valence-electron chi connectivity index (χ3n) is 1.01. The molecule has 0 fully saturated rings. The van der Waals surface area contributed by atoms with Gasteiger partial charge in [0, 0.05) is 5.97 Å². The molecule has 0 unspecified atom stereocenters. The molecule has 0 aliphatic heterocycles. The summed E-state index contributed by atoms with van der Waals surface area (Å²) >= 11 is 0. The average Bonchev–Trinajstić information content (AvgIpc) is 1.96. The van der Waals surface area contributed by atoms with Crippen molar-refractivity contribution < 1.29 is 19.4 Å². The van der Waals surface area contributed by atoms with Crippen LogP contribution < -0.4 is 5.11 Å². The summed E-state index contributed by atoms with van der Waals surface area (Å²) in [6, 6.07) is 0. The van der Waals surface area contributed by atoms with Gasteiger partial charge < -0.3 is 14.6 Å². The second-order valence-electron chi connectivity index (χ2n) is 2.49. The van der Waals surface area contributed by atoms with Crippen LogP contribution in [0, 0.1) is 0 Å². The predicted molar refractivity (Wildman–Crippen MR) is 40.0 cm³/mol. The Hall–Kier alpha value is -1.32. The fourth-order valence-electron chi connectivity index (χ4n) is 0.480. The topological polar surface area (TPSA) is 66.4 Å². The minimum Gasteiger partial charge on any atom is -0.550 e. The van der Waals surface area contributed by atoms with Crippen molar-refractivity contribution in [3.63, 3.8) is 0 Å². The Morgan fingerprint density at radius 3 is 2.42 bits per heavy atom. The first-order valence-electron chi connectivity index (χ1n) is 3.52. The second-order valence-corrected chi connectivity index (χ2v) is 2.49. The van der Waals surface area contributed by atoms with Gasteiger partial charge in [-0.05, 0) is 18.9 Å². The molecule has 0 bridgehead atoms. The maximum atomic E-state index is 10.7. The Kier molecular flexibility index (Phi) is 4.76. The fourth-order valence-corrected chi connectivity index (χ4v) is 0.480. The van der Waals surface area contributed by atoms with Crippen LogP contribution in [-0.2, 0) is 14.3 Å². The van der Waals surface area contributed by atoms with Gasteiger partial charge in [0.2, 0.25) is 0 Å². The summed E-state index contributed by atoms with van der Waals surface area (Å²) in [5.41, 5.74) is 0.719. The number of hydrogen-bond donors (Lipinski definition) is 0. The van der Waals surface area contributed by atoms with Gasteiger partial charge in [-0.2, -0.15) is 0 Å². The van der Waals surface area contributed by atoms with Crippen molar-refractivity contribution in [2.24, 2.45) is 0 Å². The van der Waals surface area contributed by atoms with Crippen molar-refractivity contribution in [3.8, 4) is 0 Å². The van der Waals surface area contributed by atoms with E-state index in [9.17, 15) is 14.7 Å². The first-order valence-corrected chi connectivity index (χ1v) is 3.52. The summed E-state index contributed by atoms with van der Waals surface area (Å²) < 4.78 is 4.62. The molecule has 0 saturated heterocycles. The van der Waals surface area contributed by atoms with Gasteiger partial charge in [-0.15, -0.1) is 0 Å². The molecule has 0 heterocycles. The van der Waals surface area contributed by atoms with Gasteiger partial charge in [0.1, 0.15) is 6.61 Å². The van der Waals surface area contributed by atoms with Crippen molar-refractivity contribution in [1.82, 2.24) is 0 Å². The molecular weight excluding hydrogens is 160 g/mol. The molecule has 4 nitrogen and oxygen atoms in total. The molecule has 0 aromatic carbocycles. The SMILES string of the molecule is C=C(C)COC(=O)CCC(=O)[O-]. The van der Waals surface area contributed by atoms with E-state index in [4.69, 9.17) is 0 Å². The molecule has 0 radical (unpaired) electrons. The standard InChI is InChI=1S/C8H12O4/c1-6(2)5-12-8(11)4-3-7(9)10/h1,3-5H2,2H3,(H,9,10)/p-1. The highest BCUT2D eigenvalue weighted by Gasteiger charge is 2.01. The minimum absolute atomic E-state index is 0.143. The Bertz CT molecular complexity index is 175. The van der Waals surface area contributed by atoms with Crippen LogP contribution in [0.25, 0.3) is 0 Å². The first kappa shape index (κ1) is 10.7. The molecule has 0 atom stereocenters. The van der Waals surface area contributed by atoms with E-state index in [2.05, 4.69) is 11.3 Å². The number of carboxylic acid groups (broad SMARTS) is 1. The molecule has 68 valence electrons. The maximum Gasteiger partial charge on any atom is 0.306 e. The number of rotatable bonds is 5. The molecule has 0 N–H and O–H groups in total. The lowest BCUT2D eigenvalue weighted by molar-refractivity contribution is -0.305. The van der Waals surface area contributed by atoms with Crippen molar-refractivity contribution in [2.45, 2.75) is 19.8 Å². The summed E-state index contributed by atoms with van der Waals surface area (Å²) in [5, 5.41) is 9.91. The van der Waals surface area contributed by atoms with Crippen LogP contribution in [0.3, 0.4) is 0 Å². The summed E-state index contributed by atoms with van der Waals surface area (Å²) in [5.74, 6) is -1.79. The molecule has 0 saturated carbocycles. The van der Waals surface area contributed by atoms with Crippen molar-refractivity contribution in [1.29, 1.82) is 0 Å². The largest absolute Gasteiger partial charge is 0.550 e. The Morgan fingerprint density at radius 1 is 1.42 bits per heavy atom. The van der Waals surface area contributed by atoms with E-state index in [1.54, 1.807) is 6.92 Å². The molecule has 0 spiro atoms. The molecule has 0 amide bonds. The van der Waals surface area contributed by atoms with Crippen LogP contribution in [0.4, 0.5) is 0 Å². The van der Waals surface area contributed by atoms with Crippen LogP contribution >= 0.6 is 0 Å².